The van der Waals surface area contributed by atoms with Crippen molar-refractivity contribution in [2.45, 2.75) is 6.10 Å². The van der Waals surface area contributed by atoms with Gasteiger partial charge in [-0.15, -0.1) is 0 Å². The van der Waals surface area contributed by atoms with Crippen LogP contribution in [0.5, 0.6) is 0 Å². The van der Waals surface area contributed by atoms with Crippen LogP contribution in [-0.4, -0.2) is 36.7 Å². The minimum Gasteiger partial charge on any atom is -0.366 e. The van der Waals surface area contributed by atoms with Gasteiger partial charge in [0, 0.05) is 18.9 Å². The van der Waals surface area contributed by atoms with Crippen LogP contribution in [0.1, 0.15) is 0 Å². The van der Waals surface area contributed by atoms with Crippen molar-refractivity contribution in [3.8, 4) is 0 Å². The van der Waals surface area contributed by atoms with Gasteiger partial charge in [-0.2, -0.15) is 0 Å². The number of hydrogen-bond acceptors (Lipinski definition) is 3. The summed E-state index contributed by atoms with van der Waals surface area (Å²) in [6, 6.07) is 1.86. The molecule has 0 aromatic carbocycles. The van der Waals surface area contributed by atoms with Crippen molar-refractivity contribution in [1.29, 1.82) is 0 Å². The van der Waals surface area contributed by atoms with Gasteiger partial charge in [-0.25, -0.2) is 0 Å². The smallest absolute Gasteiger partial charge is 0.253 e. The molecular formula is C9H13N3O2. The zero-order chi connectivity index (χ0) is 9.97. The summed E-state index contributed by atoms with van der Waals surface area (Å²) in [4.78, 5) is 16.1. The molecule has 0 bridgehead atoms. The van der Waals surface area contributed by atoms with E-state index in [0.717, 1.165) is 5.69 Å². The van der Waals surface area contributed by atoms with Crippen LogP contribution in [0.3, 0.4) is 0 Å². The van der Waals surface area contributed by atoms with E-state index < -0.39 is 0 Å². The van der Waals surface area contributed by atoms with E-state index in [2.05, 4.69) is 4.98 Å². The van der Waals surface area contributed by atoms with Crippen molar-refractivity contribution in [2.75, 3.05) is 24.6 Å². The Kier molecular flexibility index (Phi) is 2.51. The van der Waals surface area contributed by atoms with E-state index in [-0.39, 0.29) is 18.6 Å². The van der Waals surface area contributed by atoms with Crippen LogP contribution in [0.15, 0.2) is 18.5 Å². The van der Waals surface area contributed by atoms with Crippen LogP contribution in [-0.2, 0) is 9.53 Å². The molecule has 1 aromatic rings. The Morgan fingerprint density at radius 1 is 1.71 bits per heavy atom. The molecule has 5 heteroatoms. The minimum absolute atomic E-state index is 0.0192. The number of ether oxygens (including phenoxy) is 1. The molecular weight excluding hydrogens is 182 g/mol. The Bertz CT molecular complexity index is 310. The zero-order valence-corrected chi connectivity index (χ0v) is 7.77. The van der Waals surface area contributed by atoms with Crippen LogP contribution in [0.4, 0.5) is 5.69 Å². The number of morpholine rings is 1. The molecule has 1 unspecified atom stereocenters. The molecule has 0 spiro atoms. The number of carbonyl (C=O) groups excluding carboxylic acids is 1. The van der Waals surface area contributed by atoms with Gasteiger partial charge in [0.25, 0.3) is 5.91 Å². The summed E-state index contributed by atoms with van der Waals surface area (Å²) in [5.41, 5.74) is 6.37. The summed E-state index contributed by atoms with van der Waals surface area (Å²) in [6.45, 7) is 1.09. The van der Waals surface area contributed by atoms with Gasteiger partial charge < -0.3 is 20.4 Å². The van der Waals surface area contributed by atoms with Crippen molar-refractivity contribution < 1.29 is 9.53 Å². The quantitative estimate of drug-likeness (QED) is 0.681. The first-order chi connectivity index (χ1) is 6.81. The van der Waals surface area contributed by atoms with Crippen molar-refractivity contribution in [3.05, 3.63) is 18.5 Å². The fraction of sp³-hybridized carbons (Fsp3) is 0.444. The SMILES string of the molecule is NCC1CN(c2cc[nH]c2)C(=O)CO1. The van der Waals surface area contributed by atoms with Crippen molar-refractivity contribution >= 4 is 11.6 Å². The number of H-pyrrole nitrogens is 1. The highest BCUT2D eigenvalue weighted by atomic mass is 16.5. The van der Waals surface area contributed by atoms with E-state index in [4.69, 9.17) is 10.5 Å². The van der Waals surface area contributed by atoms with Gasteiger partial charge >= 0.3 is 0 Å². The molecule has 1 atom stereocenters. The Labute approximate surface area is 81.8 Å². The van der Waals surface area contributed by atoms with Crippen LogP contribution < -0.4 is 10.6 Å². The lowest BCUT2D eigenvalue weighted by molar-refractivity contribution is -0.128. The van der Waals surface area contributed by atoms with Crippen LogP contribution in [0.25, 0.3) is 0 Å². The number of rotatable bonds is 2. The molecule has 76 valence electrons. The fourth-order valence-corrected chi connectivity index (χ4v) is 1.50. The number of nitrogens with two attached hydrogens (primary N) is 1. The molecule has 3 N–H and O–H groups in total. The molecule has 14 heavy (non-hydrogen) atoms. The number of hydrogen-bond donors (Lipinski definition) is 2. The highest BCUT2D eigenvalue weighted by molar-refractivity contribution is 5.94. The van der Waals surface area contributed by atoms with Gasteiger partial charge in [0.15, 0.2) is 0 Å². The maximum Gasteiger partial charge on any atom is 0.253 e. The molecule has 1 aliphatic rings. The first kappa shape index (κ1) is 9.23. The third-order valence-electron chi connectivity index (χ3n) is 2.29. The third-order valence-corrected chi connectivity index (χ3v) is 2.29. The molecule has 2 rings (SSSR count). The fourth-order valence-electron chi connectivity index (χ4n) is 1.50. The number of nitrogens with zero attached hydrogens (tertiary/aromatic N) is 1. The summed E-state index contributed by atoms with van der Waals surface area (Å²) < 4.78 is 5.24. The summed E-state index contributed by atoms with van der Waals surface area (Å²) >= 11 is 0. The number of nitrogens with one attached hydrogen (secondary N) is 1. The normalized spacial score (nSPS) is 22.8. The largest absolute Gasteiger partial charge is 0.366 e. The molecule has 0 saturated carbocycles. The topological polar surface area (TPSA) is 71.3 Å². The number of anilines is 1. The van der Waals surface area contributed by atoms with Gasteiger partial charge in [-0.1, -0.05) is 0 Å². The number of amides is 1. The molecule has 1 fully saturated rings. The van der Waals surface area contributed by atoms with E-state index in [9.17, 15) is 4.79 Å². The van der Waals surface area contributed by atoms with Gasteiger partial charge in [-0.05, 0) is 6.07 Å². The lowest BCUT2D eigenvalue weighted by atomic mass is 10.2. The Hall–Kier alpha value is -1.33. The lowest BCUT2D eigenvalue weighted by Gasteiger charge is -2.31. The van der Waals surface area contributed by atoms with Crippen LogP contribution in [0.2, 0.25) is 0 Å². The Morgan fingerprint density at radius 2 is 2.57 bits per heavy atom. The van der Waals surface area contributed by atoms with Gasteiger partial charge in [0.1, 0.15) is 6.61 Å². The maximum atomic E-state index is 11.5. The standard InChI is InChI=1S/C9H13N3O2/c10-3-8-5-12(9(13)6-14-8)7-1-2-11-4-7/h1-2,4,8,11H,3,5-6,10H2. The number of aromatic amines is 1. The molecule has 1 aromatic heterocycles. The second kappa shape index (κ2) is 3.81. The maximum absolute atomic E-state index is 11.5. The number of carbonyl (C=O) groups is 1. The van der Waals surface area contributed by atoms with Gasteiger partial charge in [-0.3, -0.25) is 4.79 Å². The summed E-state index contributed by atoms with van der Waals surface area (Å²) in [7, 11) is 0. The van der Waals surface area contributed by atoms with Crippen LogP contribution in [0, 0.1) is 0 Å². The second-order valence-electron chi connectivity index (χ2n) is 3.24. The Balaban J connectivity index is 2.13. The van der Waals surface area contributed by atoms with Crippen molar-refractivity contribution in [2.24, 2.45) is 5.73 Å². The van der Waals surface area contributed by atoms with Crippen LogP contribution >= 0.6 is 0 Å². The van der Waals surface area contributed by atoms with Crippen molar-refractivity contribution in [1.82, 2.24) is 4.98 Å². The van der Waals surface area contributed by atoms with E-state index >= 15 is 0 Å². The van der Waals surface area contributed by atoms with E-state index in [0.29, 0.717) is 13.1 Å². The number of aromatic nitrogens is 1. The minimum atomic E-state index is -0.0531. The second-order valence-corrected chi connectivity index (χ2v) is 3.24. The molecule has 0 radical (unpaired) electrons. The van der Waals surface area contributed by atoms with E-state index in [1.807, 2.05) is 6.07 Å². The first-order valence-corrected chi connectivity index (χ1v) is 4.56. The molecule has 2 heterocycles. The lowest BCUT2D eigenvalue weighted by Crippen LogP contribution is -2.49. The summed E-state index contributed by atoms with van der Waals surface area (Å²) in [6.07, 6.45) is 3.52. The molecule has 1 saturated heterocycles. The van der Waals surface area contributed by atoms with E-state index in [1.54, 1.807) is 17.3 Å². The van der Waals surface area contributed by atoms with Gasteiger partial charge in [0.05, 0.1) is 18.3 Å². The molecule has 1 amide bonds. The highest BCUT2D eigenvalue weighted by Crippen LogP contribution is 2.16. The van der Waals surface area contributed by atoms with Gasteiger partial charge in [0.2, 0.25) is 0 Å². The predicted octanol–water partition coefficient (Wildman–Crippen LogP) is -0.295. The first-order valence-electron chi connectivity index (χ1n) is 4.56. The summed E-state index contributed by atoms with van der Waals surface area (Å²) in [5.74, 6) is -0.0192. The molecule has 5 nitrogen and oxygen atoms in total. The molecule has 1 aliphatic heterocycles. The zero-order valence-electron chi connectivity index (χ0n) is 7.77. The summed E-state index contributed by atoms with van der Waals surface area (Å²) in [5, 5.41) is 0. The highest BCUT2D eigenvalue weighted by Gasteiger charge is 2.26. The average Bonchev–Trinajstić information content (AvgIpc) is 2.71. The Morgan fingerprint density at radius 3 is 3.21 bits per heavy atom. The predicted molar refractivity (Wildman–Crippen MR) is 51.9 cm³/mol. The average molecular weight is 195 g/mol. The van der Waals surface area contributed by atoms with Crippen molar-refractivity contribution in [3.63, 3.8) is 0 Å². The third kappa shape index (κ3) is 1.64. The monoisotopic (exact) mass is 195 g/mol. The van der Waals surface area contributed by atoms with E-state index in [1.165, 1.54) is 0 Å². The molecule has 0 aliphatic carbocycles.